The summed E-state index contributed by atoms with van der Waals surface area (Å²) in [5, 5.41) is 11.1. The van der Waals surface area contributed by atoms with E-state index >= 15 is 0 Å². The van der Waals surface area contributed by atoms with Crippen LogP contribution in [0.5, 0.6) is 0 Å². The van der Waals surface area contributed by atoms with Gasteiger partial charge in [0.15, 0.2) is 0 Å². The molecule has 0 bridgehead atoms. The summed E-state index contributed by atoms with van der Waals surface area (Å²) in [6.07, 6.45) is 6.58. The topological polar surface area (TPSA) is 91.3 Å². The summed E-state index contributed by atoms with van der Waals surface area (Å²) < 4.78 is 6.05. The summed E-state index contributed by atoms with van der Waals surface area (Å²) in [5.74, 6) is 0.592. The fourth-order valence-corrected chi connectivity index (χ4v) is 2.79. The number of hydrogen-bond donors (Lipinski definition) is 1. The maximum absolute atomic E-state index is 11.1. The van der Waals surface area contributed by atoms with Gasteiger partial charge in [0.1, 0.15) is 6.20 Å². The lowest BCUT2D eigenvalue weighted by Gasteiger charge is -2.34. The summed E-state index contributed by atoms with van der Waals surface area (Å²) in [6.45, 7) is 0. The Morgan fingerprint density at radius 1 is 1.42 bits per heavy atom. The van der Waals surface area contributed by atoms with Crippen molar-refractivity contribution in [1.82, 2.24) is 4.98 Å². The van der Waals surface area contributed by atoms with Crippen molar-refractivity contribution in [1.29, 1.82) is 0 Å². The van der Waals surface area contributed by atoms with Crippen LogP contribution in [0, 0.1) is 16.0 Å². The molecule has 1 aromatic rings. The van der Waals surface area contributed by atoms with Crippen LogP contribution in [0.15, 0.2) is 18.5 Å². The van der Waals surface area contributed by atoms with Crippen LogP contribution in [-0.4, -0.2) is 22.1 Å². The molecule has 19 heavy (non-hydrogen) atoms. The molecule has 6 heteroatoms. The van der Waals surface area contributed by atoms with E-state index in [0.29, 0.717) is 17.9 Å². The van der Waals surface area contributed by atoms with Crippen LogP contribution in [0.4, 0.5) is 5.69 Å². The predicted octanol–water partition coefficient (Wildman–Crippen LogP) is 1.95. The highest BCUT2D eigenvalue weighted by atomic mass is 16.6. The maximum atomic E-state index is 11.1. The van der Waals surface area contributed by atoms with Crippen LogP contribution in [0.2, 0.25) is 0 Å². The molecule has 1 saturated heterocycles. The molecule has 2 fully saturated rings. The zero-order valence-electron chi connectivity index (χ0n) is 10.6. The van der Waals surface area contributed by atoms with Gasteiger partial charge in [-0.3, -0.25) is 15.1 Å². The lowest BCUT2D eigenvalue weighted by Crippen LogP contribution is -2.37. The second-order valence-corrected chi connectivity index (χ2v) is 5.42. The van der Waals surface area contributed by atoms with E-state index in [4.69, 9.17) is 10.5 Å². The molecule has 2 heterocycles. The molecule has 0 spiro atoms. The van der Waals surface area contributed by atoms with Gasteiger partial charge >= 0.3 is 0 Å². The highest BCUT2D eigenvalue weighted by Crippen LogP contribution is 2.43. The Kier molecular flexibility index (Phi) is 3.20. The first-order valence-corrected chi connectivity index (χ1v) is 6.64. The zero-order valence-corrected chi connectivity index (χ0v) is 10.6. The van der Waals surface area contributed by atoms with E-state index in [9.17, 15) is 10.1 Å². The van der Waals surface area contributed by atoms with E-state index in [-0.39, 0.29) is 23.9 Å². The Balaban J connectivity index is 1.86. The minimum atomic E-state index is -0.405. The smallest absolute Gasteiger partial charge is 0.293 e. The first kappa shape index (κ1) is 12.5. The summed E-state index contributed by atoms with van der Waals surface area (Å²) >= 11 is 0. The van der Waals surface area contributed by atoms with Crippen molar-refractivity contribution < 1.29 is 9.66 Å². The second kappa shape index (κ2) is 4.86. The average molecular weight is 263 g/mol. The molecule has 3 unspecified atom stereocenters. The van der Waals surface area contributed by atoms with Gasteiger partial charge in [0.25, 0.3) is 5.69 Å². The van der Waals surface area contributed by atoms with Crippen LogP contribution in [0.3, 0.4) is 0 Å². The standard InChI is InChI=1S/C13H17N3O3/c14-9-5-12(8-1-2-8)19-13(6-9)10-3-4-15-7-11(10)16(17)18/h3-4,7-9,12-13H,1-2,5-6,14H2. The number of ether oxygens (including phenoxy) is 1. The Labute approximate surface area is 111 Å². The molecule has 2 N–H and O–H groups in total. The summed E-state index contributed by atoms with van der Waals surface area (Å²) in [4.78, 5) is 14.5. The van der Waals surface area contributed by atoms with E-state index < -0.39 is 4.92 Å². The fraction of sp³-hybridized carbons (Fsp3) is 0.615. The van der Waals surface area contributed by atoms with E-state index in [1.54, 1.807) is 12.3 Å². The van der Waals surface area contributed by atoms with E-state index in [1.165, 1.54) is 19.0 Å². The number of pyridine rings is 1. The molecule has 6 nitrogen and oxygen atoms in total. The Morgan fingerprint density at radius 2 is 2.21 bits per heavy atom. The minimum absolute atomic E-state index is 0.0242. The van der Waals surface area contributed by atoms with Crippen LogP contribution in [0.25, 0.3) is 0 Å². The summed E-state index contributed by atoms with van der Waals surface area (Å²) in [5.41, 5.74) is 6.70. The van der Waals surface area contributed by atoms with Gasteiger partial charge in [-0.05, 0) is 37.7 Å². The van der Waals surface area contributed by atoms with Crippen LogP contribution in [0.1, 0.15) is 37.4 Å². The number of rotatable bonds is 3. The molecule has 1 saturated carbocycles. The fourth-order valence-electron chi connectivity index (χ4n) is 2.79. The first-order chi connectivity index (χ1) is 9.15. The first-order valence-electron chi connectivity index (χ1n) is 6.64. The second-order valence-electron chi connectivity index (χ2n) is 5.42. The van der Waals surface area contributed by atoms with E-state index in [0.717, 1.165) is 6.42 Å². The molecule has 1 aliphatic carbocycles. The maximum Gasteiger partial charge on any atom is 0.293 e. The molecule has 0 aromatic carbocycles. The van der Waals surface area contributed by atoms with Crippen molar-refractivity contribution in [2.75, 3.05) is 0 Å². The van der Waals surface area contributed by atoms with Gasteiger partial charge in [-0.1, -0.05) is 0 Å². The molecule has 3 rings (SSSR count). The molecule has 2 aliphatic rings. The van der Waals surface area contributed by atoms with Crippen molar-refractivity contribution >= 4 is 5.69 Å². The zero-order chi connectivity index (χ0) is 13.4. The van der Waals surface area contributed by atoms with Gasteiger partial charge in [-0.15, -0.1) is 0 Å². The number of hydrogen-bond acceptors (Lipinski definition) is 5. The average Bonchev–Trinajstić information content (AvgIpc) is 3.22. The lowest BCUT2D eigenvalue weighted by atomic mass is 9.93. The highest BCUT2D eigenvalue weighted by molar-refractivity contribution is 5.38. The van der Waals surface area contributed by atoms with Crippen molar-refractivity contribution in [2.45, 2.75) is 43.9 Å². The molecule has 3 atom stereocenters. The van der Waals surface area contributed by atoms with Gasteiger partial charge in [-0.25, -0.2) is 0 Å². The summed E-state index contributed by atoms with van der Waals surface area (Å²) in [6, 6.07) is 1.72. The number of nitrogens with two attached hydrogens (primary N) is 1. The Bertz CT molecular complexity index is 490. The minimum Gasteiger partial charge on any atom is -0.370 e. The van der Waals surface area contributed by atoms with E-state index in [2.05, 4.69) is 4.98 Å². The molecule has 102 valence electrons. The third-order valence-corrected chi connectivity index (χ3v) is 3.92. The molecular weight excluding hydrogens is 246 g/mol. The SMILES string of the molecule is NC1CC(c2ccncc2[N+](=O)[O-])OC(C2CC2)C1. The van der Waals surface area contributed by atoms with Crippen molar-refractivity contribution in [3.05, 3.63) is 34.1 Å². The quantitative estimate of drug-likeness (QED) is 0.664. The van der Waals surface area contributed by atoms with Gasteiger partial charge in [0, 0.05) is 12.2 Å². The number of aromatic nitrogens is 1. The molecule has 0 amide bonds. The van der Waals surface area contributed by atoms with Crippen LogP contribution in [-0.2, 0) is 4.74 Å². The van der Waals surface area contributed by atoms with Crippen molar-refractivity contribution in [3.8, 4) is 0 Å². The Morgan fingerprint density at radius 3 is 2.89 bits per heavy atom. The molecule has 1 aliphatic heterocycles. The molecule has 0 radical (unpaired) electrons. The van der Waals surface area contributed by atoms with Crippen molar-refractivity contribution in [3.63, 3.8) is 0 Å². The third-order valence-electron chi connectivity index (χ3n) is 3.92. The summed E-state index contributed by atoms with van der Waals surface area (Å²) in [7, 11) is 0. The van der Waals surface area contributed by atoms with Crippen molar-refractivity contribution in [2.24, 2.45) is 11.7 Å². The van der Waals surface area contributed by atoms with Gasteiger partial charge in [0.2, 0.25) is 0 Å². The predicted molar refractivity (Wildman–Crippen MR) is 68.4 cm³/mol. The number of nitro groups is 1. The van der Waals surface area contributed by atoms with Gasteiger partial charge in [-0.2, -0.15) is 0 Å². The van der Waals surface area contributed by atoms with Gasteiger partial charge in [0.05, 0.1) is 22.7 Å². The van der Waals surface area contributed by atoms with Gasteiger partial charge < -0.3 is 10.5 Å². The molecular formula is C13H17N3O3. The monoisotopic (exact) mass is 263 g/mol. The normalized spacial score (nSPS) is 31.1. The van der Waals surface area contributed by atoms with Crippen LogP contribution < -0.4 is 5.73 Å². The Hall–Kier alpha value is -1.53. The third kappa shape index (κ3) is 2.59. The number of nitrogens with zero attached hydrogens (tertiary/aromatic N) is 2. The van der Waals surface area contributed by atoms with Crippen LogP contribution >= 0.6 is 0 Å². The largest absolute Gasteiger partial charge is 0.370 e. The highest BCUT2D eigenvalue weighted by Gasteiger charge is 2.39. The van der Waals surface area contributed by atoms with E-state index in [1.807, 2.05) is 0 Å². The molecule has 1 aromatic heterocycles. The lowest BCUT2D eigenvalue weighted by molar-refractivity contribution is -0.386.